The van der Waals surface area contributed by atoms with Crippen LogP contribution in [0.3, 0.4) is 0 Å². The Labute approximate surface area is 165 Å². The van der Waals surface area contributed by atoms with E-state index in [9.17, 15) is 0 Å². The van der Waals surface area contributed by atoms with E-state index in [1.165, 1.54) is 51.6 Å². The van der Waals surface area contributed by atoms with Gasteiger partial charge in [0, 0.05) is 39.1 Å². The zero-order valence-electron chi connectivity index (χ0n) is 18.0. The van der Waals surface area contributed by atoms with Crippen LogP contribution < -0.4 is 9.80 Å². The number of aromatic nitrogens is 3. The zero-order valence-corrected chi connectivity index (χ0v) is 18.0. The second-order valence-electron chi connectivity index (χ2n) is 8.94. The fraction of sp³-hybridized carbons (Fsp3) is 0.857. The summed E-state index contributed by atoms with van der Waals surface area (Å²) < 4.78 is 0. The lowest BCUT2D eigenvalue weighted by atomic mass is 9.92. The molecule has 0 aromatic carbocycles. The first-order valence-electron chi connectivity index (χ1n) is 10.9. The molecule has 0 saturated carbocycles. The molecule has 1 aromatic rings. The SMILES string of the molecule is CC(C)c1nc(N(C)C)nc(N2CCC(CCN3CCCCC3C)CC2)n1. The van der Waals surface area contributed by atoms with Crippen molar-refractivity contribution in [3.05, 3.63) is 5.82 Å². The van der Waals surface area contributed by atoms with Crippen LogP contribution in [0.1, 0.15) is 71.0 Å². The van der Waals surface area contributed by atoms with E-state index in [1.54, 1.807) is 0 Å². The average Bonchev–Trinajstić information content (AvgIpc) is 2.67. The lowest BCUT2D eigenvalue weighted by molar-refractivity contribution is 0.147. The van der Waals surface area contributed by atoms with Gasteiger partial charge >= 0.3 is 0 Å². The van der Waals surface area contributed by atoms with Gasteiger partial charge in [0.15, 0.2) is 0 Å². The Bertz CT molecular complexity index is 568. The minimum atomic E-state index is 0.314. The highest BCUT2D eigenvalue weighted by atomic mass is 15.3. The Morgan fingerprint density at radius 2 is 1.74 bits per heavy atom. The summed E-state index contributed by atoms with van der Waals surface area (Å²) in [7, 11) is 3.99. The molecule has 152 valence electrons. The lowest BCUT2D eigenvalue weighted by Crippen LogP contribution is -2.40. The third-order valence-corrected chi connectivity index (χ3v) is 6.21. The van der Waals surface area contributed by atoms with Gasteiger partial charge in [-0.05, 0) is 58.0 Å². The summed E-state index contributed by atoms with van der Waals surface area (Å²) >= 11 is 0. The van der Waals surface area contributed by atoms with E-state index in [0.29, 0.717) is 5.92 Å². The highest BCUT2D eigenvalue weighted by molar-refractivity contribution is 5.39. The van der Waals surface area contributed by atoms with Crippen LogP contribution in [0.4, 0.5) is 11.9 Å². The molecule has 1 unspecified atom stereocenters. The maximum atomic E-state index is 4.76. The Balaban J connectivity index is 1.55. The molecular formula is C21H38N6. The van der Waals surface area contributed by atoms with Gasteiger partial charge in [0.2, 0.25) is 11.9 Å². The minimum absolute atomic E-state index is 0.314. The number of anilines is 2. The van der Waals surface area contributed by atoms with E-state index in [2.05, 4.69) is 35.6 Å². The van der Waals surface area contributed by atoms with Crippen molar-refractivity contribution in [1.29, 1.82) is 0 Å². The number of piperidine rings is 2. The van der Waals surface area contributed by atoms with Gasteiger partial charge in [-0.25, -0.2) is 0 Å². The van der Waals surface area contributed by atoms with E-state index in [4.69, 9.17) is 9.97 Å². The first-order chi connectivity index (χ1) is 12.9. The van der Waals surface area contributed by atoms with Crippen molar-refractivity contribution in [2.24, 2.45) is 5.92 Å². The van der Waals surface area contributed by atoms with Crippen molar-refractivity contribution < 1.29 is 0 Å². The molecule has 6 nitrogen and oxygen atoms in total. The minimum Gasteiger partial charge on any atom is -0.347 e. The Hall–Kier alpha value is -1.43. The van der Waals surface area contributed by atoms with Crippen LogP contribution >= 0.6 is 0 Å². The third-order valence-electron chi connectivity index (χ3n) is 6.21. The molecule has 6 heteroatoms. The molecule has 2 aliphatic heterocycles. The van der Waals surface area contributed by atoms with E-state index < -0.39 is 0 Å². The van der Waals surface area contributed by atoms with Crippen LogP contribution in [0.25, 0.3) is 0 Å². The second kappa shape index (κ2) is 9.18. The molecule has 0 bridgehead atoms. The first-order valence-corrected chi connectivity index (χ1v) is 10.9. The maximum Gasteiger partial charge on any atom is 0.230 e. The van der Waals surface area contributed by atoms with Crippen LogP contribution in [0.15, 0.2) is 0 Å². The summed E-state index contributed by atoms with van der Waals surface area (Å²) in [5, 5.41) is 0. The number of nitrogens with zero attached hydrogens (tertiary/aromatic N) is 6. The summed E-state index contributed by atoms with van der Waals surface area (Å²) in [6.45, 7) is 11.4. The number of hydrogen-bond donors (Lipinski definition) is 0. The molecular weight excluding hydrogens is 336 g/mol. The van der Waals surface area contributed by atoms with E-state index in [-0.39, 0.29) is 0 Å². The molecule has 0 amide bonds. The first kappa shape index (κ1) is 20.3. The van der Waals surface area contributed by atoms with Crippen molar-refractivity contribution in [2.75, 3.05) is 50.1 Å². The highest BCUT2D eigenvalue weighted by Crippen LogP contribution is 2.26. The summed E-state index contributed by atoms with van der Waals surface area (Å²) in [5.41, 5.74) is 0. The van der Waals surface area contributed by atoms with Gasteiger partial charge in [-0.1, -0.05) is 20.3 Å². The fourth-order valence-corrected chi connectivity index (χ4v) is 4.23. The van der Waals surface area contributed by atoms with Crippen molar-refractivity contribution >= 4 is 11.9 Å². The van der Waals surface area contributed by atoms with E-state index in [0.717, 1.165) is 42.8 Å². The highest BCUT2D eigenvalue weighted by Gasteiger charge is 2.24. The molecule has 3 heterocycles. The molecule has 2 saturated heterocycles. The van der Waals surface area contributed by atoms with Gasteiger partial charge in [0.05, 0.1) is 0 Å². The number of likely N-dealkylation sites (tertiary alicyclic amines) is 1. The monoisotopic (exact) mass is 374 g/mol. The summed E-state index contributed by atoms with van der Waals surface area (Å²) in [6, 6.07) is 0.781. The summed E-state index contributed by atoms with van der Waals surface area (Å²) in [6.07, 6.45) is 8.02. The predicted molar refractivity (Wildman–Crippen MR) is 113 cm³/mol. The van der Waals surface area contributed by atoms with Crippen LogP contribution in [0, 0.1) is 5.92 Å². The molecule has 27 heavy (non-hydrogen) atoms. The van der Waals surface area contributed by atoms with Gasteiger partial charge in [-0.3, -0.25) is 0 Å². The van der Waals surface area contributed by atoms with Gasteiger partial charge in [0.1, 0.15) is 5.82 Å². The van der Waals surface area contributed by atoms with Gasteiger partial charge < -0.3 is 14.7 Å². The van der Waals surface area contributed by atoms with Crippen molar-refractivity contribution in [3.8, 4) is 0 Å². The molecule has 2 fully saturated rings. The van der Waals surface area contributed by atoms with Gasteiger partial charge in [-0.2, -0.15) is 15.0 Å². The van der Waals surface area contributed by atoms with Gasteiger partial charge in [-0.15, -0.1) is 0 Å². The molecule has 1 atom stereocenters. The molecule has 0 spiro atoms. The summed E-state index contributed by atoms with van der Waals surface area (Å²) in [4.78, 5) is 21.1. The largest absolute Gasteiger partial charge is 0.347 e. The molecule has 2 aliphatic rings. The summed E-state index contributed by atoms with van der Waals surface area (Å²) in [5.74, 6) is 3.68. The topological polar surface area (TPSA) is 48.4 Å². The van der Waals surface area contributed by atoms with Crippen LogP contribution in [-0.2, 0) is 0 Å². The van der Waals surface area contributed by atoms with E-state index >= 15 is 0 Å². The van der Waals surface area contributed by atoms with E-state index in [1.807, 2.05) is 19.0 Å². The second-order valence-corrected chi connectivity index (χ2v) is 8.94. The molecule has 0 aliphatic carbocycles. The van der Waals surface area contributed by atoms with Gasteiger partial charge in [0.25, 0.3) is 0 Å². The maximum absolute atomic E-state index is 4.76. The van der Waals surface area contributed by atoms with Crippen LogP contribution in [-0.4, -0.2) is 66.2 Å². The van der Waals surface area contributed by atoms with Crippen LogP contribution in [0.5, 0.6) is 0 Å². The molecule has 0 N–H and O–H groups in total. The Morgan fingerprint density at radius 1 is 1.00 bits per heavy atom. The van der Waals surface area contributed by atoms with Crippen molar-refractivity contribution in [1.82, 2.24) is 19.9 Å². The average molecular weight is 375 g/mol. The van der Waals surface area contributed by atoms with Crippen molar-refractivity contribution in [2.45, 2.75) is 71.3 Å². The Kier molecular flexibility index (Phi) is 6.90. The standard InChI is InChI=1S/C21H38N6/c1-16(2)19-22-20(25(4)5)24-21(23-19)27-14-10-18(11-15-27)9-13-26-12-7-6-8-17(26)3/h16-18H,6-15H2,1-5H3. The number of rotatable bonds is 6. The third kappa shape index (κ3) is 5.31. The van der Waals surface area contributed by atoms with Crippen LogP contribution in [0.2, 0.25) is 0 Å². The normalized spacial score (nSPS) is 22.4. The molecule has 3 rings (SSSR count). The predicted octanol–water partition coefficient (Wildman–Crippen LogP) is 3.54. The molecule has 1 aromatic heterocycles. The quantitative estimate of drug-likeness (QED) is 0.759. The zero-order chi connectivity index (χ0) is 19.4. The number of hydrogen-bond acceptors (Lipinski definition) is 6. The van der Waals surface area contributed by atoms with Crippen molar-refractivity contribution in [3.63, 3.8) is 0 Å². The smallest absolute Gasteiger partial charge is 0.230 e. The fourth-order valence-electron chi connectivity index (χ4n) is 4.23. The Morgan fingerprint density at radius 3 is 2.37 bits per heavy atom. The lowest BCUT2D eigenvalue weighted by Gasteiger charge is -2.36. The molecule has 0 radical (unpaired) electrons.